The number of aromatic amines is 1. The van der Waals surface area contributed by atoms with Gasteiger partial charge in [-0.2, -0.15) is 5.10 Å². The van der Waals surface area contributed by atoms with Gasteiger partial charge in [-0.3, -0.25) is 15.0 Å². The number of nitrogens with one attached hydrogen (secondary N) is 1. The fraction of sp³-hybridized carbons (Fsp3) is 0.333. The third-order valence-corrected chi connectivity index (χ3v) is 4.13. The number of fused-ring (bicyclic) bond motifs is 1. The van der Waals surface area contributed by atoms with E-state index in [-0.39, 0.29) is 5.82 Å². The van der Waals surface area contributed by atoms with Gasteiger partial charge < -0.3 is 0 Å². The van der Waals surface area contributed by atoms with Crippen molar-refractivity contribution in [2.24, 2.45) is 0 Å². The highest BCUT2D eigenvalue weighted by molar-refractivity contribution is 5.82. The van der Waals surface area contributed by atoms with E-state index in [1.807, 2.05) is 26.8 Å². The van der Waals surface area contributed by atoms with Gasteiger partial charge >= 0.3 is 0 Å². The van der Waals surface area contributed by atoms with Crippen molar-refractivity contribution in [2.75, 3.05) is 7.05 Å². The summed E-state index contributed by atoms with van der Waals surface area (Å²) in [5, 5.41) is 8.27. The highest BCUT2D eigenvalue weighted by Crippen LogP contribution is 2.22. The second-order valence-corrected chi connectivity index (χ2v) is 6.17. The lowest BCUT2D eigenvalue weighted by atomic mass is 10.1. The maximum atomic E-state index is 13.4. The first kappa shape index (κ1) is 15.6. The van der Waals surface area contributed by atoms with E-state index in [1.54, 1.807) is 0 Å². The van der Waals surface area contributed by atoms with Crippen molar-refractivity contribution in [2.45, 2.75) is 33.9 Å². The van der Waals surface area contributed by atoms with Crippen LogP contribution in [0.5, 0.6) is 0 Å². The molecule has 120 valence electrons. The molecule has 4 nitrogen and oxygen atoms in total. The first-order valence-electron chi connectivity index (χ1n) is 7.69. The van der Waals surface area contributed by atoms with Crippen molar-refractivity contribution in [3.05, 3.63) is 58.3 Å². The molecule has 0 aliphatic heterocycles. The summed E-state index contributed by atoms with van der Waals surface area (Å²) in [5.41, 5.74) is 6.15. The van der Waals surface area contributed by atoms with Crippen molar-refractivity contribution in [3.8, 4) is 0 Å². The molecule has 0 fully saturated rings. The Balaban J connectivity index is 1.89. The first-order chi connectivity index (χ1) is 10.9. The Kier molecular flexibility index (Phi) is 4.13. The maximum absolute atomic E-state index is 13.4. The molecule has 5 heteroatoms. The summed E-state index contributed by atoms with van der Waals surface area (Å²) in [4.78, 5) is 6.67. The quantitative estimate of drug-likeness (QED) is 0.799. The summed E-state index contributed by atoms with van der Waals surface area (Å²) in [6.07, 6.45) is 0. The van der Waals surface area contributed by atoms with Crippen molar-refractivity contribution in [1.29, 1.82) is 0 Å². The van der Waals surface area contributed by atoms with Crippen molar-refractivity contribution < 1.29 is 4.39 Å². The molecule has 2 heterocycles. The SMILES string of the molecule is Cc1cc(CN(C)Cc2c(C)n[nH]c2C)c2ccc(F)cc2n1. The summed E-state index contributed by atoms with van der Waals surface area (Å²) in [6, 6.07) is 6.88. The zero-order valence-corrected chi connectivity index (χ0v) is 13.9. The molecular weight excluding hydrogens is 291 g/mol. The monoisotopic (exact) mass is 312 g/mol. The number of nitrogens with zero attached hydrogens (tertiary/aromatic N) is 3. The van der Waals surface area contributed by atoms with E-state index in [0.29, 0.717) is 5.52 Å². The van der Waals surface area contributed by atoms with Crippen LogP contribution < -0.4 is 0 Å². The van der Waals surface area contributed by atoms with Crippen LogP contribution in [0.1, 0.15) is 28.2 Å². The normalized spacial score (nSPS) is 11.6. The zero-order valence-electron chi connectivity index (χ0n) is 13.9. The van der Waals surface area contributed by atoms with E-state index in [0.717, 1.165) is 41.1 Å². The lowest BCUT2D eigenvalue weighted by Gasteiger charge is -2.18. The van der Waals surface area contributed by atoms with Gasteiger partial charge in [-0.05, 0) is 51.6 Å². The van der Waals surface area contributed by atoms with Crippen molar-refractivity contribution in [1.82, 2.24) is 20.1 Å². The number of halogens is 1. The van der Waals surface area contributed by atoms with Gasteiger partial charge in [-0.1, -0.05) is 0 Å². The number of aryl methyl sites for hydroxylation is 3. The average molecular weight is 312 g/mol. The minimum atomic E-state index is -0.250. The molecule has 0 unspecified atom stereocenters. The zero-order chi connectivity index (χ0) is 16.6. The fourth-order valence-corrected chi connectivity index (χ4v) is 2.98. The number of rotatable bonds is 4. The molecule has 1 N–H and O–H groups in total. The Morgan fingerprint density at radius 2 is 1.91 bits per heavy atom. The molecule has 3 rings (SSSR count). The van der Waals surface area contributed by atoms with Crippen LogP contribution in [0.3, 0.4) is 0 Å². The minimum absolute atomic E-state index is 0.250. The lowest BCUT2D eigenvalue weighted by molar-refractivity contribution is 0.319. The number of H-pyrrole nitrogens is 1. The van der Waals surface area contributed by atoms with E-state index >= 15 is 0 Å². The van der Waals surface area contributed by atoms with Gasteiger partial charge in [0.15, 0.2) is 0 Å². The van der Waals surface area contributed by atoms with E-state index < -0.39 is 0 Å². The Labute approximate surface area is 135 Å². The molecule has 0 amide bonds. The molecule has 0 saturated carbocycles. The molecule has 0 aliphatic carbocycles. The Morgan fingerprint density at radius 3 is 2.61 bits per heavy atom. The van der Waals surface area contributed by atoms with Crippen LogP contribution in [0.2, 0.25) is 0 Å². The molecule has 0 spiro atoms. The Morgan fingerprint density at radius 1 is 1.13 bits per heavy atom. The van der Waals surface area contributed by atoms with Crippen LogP contribution in [-0.4, -0.2) is 27.1 Å². The van der Waals surface area contributed by atoms with Crippen LogP contribution in [0, 0.1) is 26.6 Å². The smallest absolute Gasteiger partial charge is 0.125 e. The largest absolute Gasteiger partial charge is 0.298 e. The van der Waals surface area contributed by atoms with Gasteiger partial charge in [0.25, 0.3) is 0 Å². The number of pyridine rings is 1. The predicted octanol–water partition coefficient (Wildman–Crippen LogP) is 3.65. The third kappa shape index (κ3) is 3.24. The van der Waals surface area contributed by atoms with E-state index in [4.69, 9.17) is 0 Å². The van der Waals surface area contributed by atoms with E-state index in [9.17, 15) is 4.39 Å². The fourth-order valence-electron chi connectivity index (χ4n) is 2.98. The van der Waals surface area contributed by atoms with Gasteiger partial charge in [0, 0.05) is 41.5 Å². The molecule has 0 saturated heterocycles. The third-order valence-electron chi connectivity index (χ3n) is 4.13. The summed E-state index contributed by atoms with van der Waals surface area (Å²) in [7, 11) is 2.08. The maximum Gasteiger partial charge on any atom is 0.125 e. The topological polar surface area (TPSA) is 44.8 Å². The minimum Gasteiger partial charge on any atom is -0.298 e. The van der Waals surface area contributed by atoms with E-state index in [2.05, 4.69) is 33.2 Å². The second kappa shape index (κ2) is 6.08. The molecule has 0 radical (unpaired) electrons. The highest BCUT2D eigenvalue weighted by Gasteiger charge is 2.12. The summed E-state index contributed by atoms with van der Waals surface area (Å²) < 4.78 is 13.4. The van der Waals surface area contributed by atoms with Gasteiger partial charge in [0.1, 0.15) is 5.82 Å². The van der Waals surface area contributed by atoms with Crippen LogP contribution in [0.4, 0.5) is 4.39 Å². The number of hydrogen-bond donors (Lipinski definition) is 1. The molecule has 0 bridgehead atoms. The molecular formula is C18H21FN4. The first-order valence-corrected chi connectivity index (χ1v) is 7.69. The number of hydrogen-bond acceptors (Lipinski definition) is 3. The lowest BCUT2D eigenvalue weighted by Crippen LogP contribution is -2.18. The number of benzene rings is 1. The number of aromatic nitrogens is 3. The van der Waals surface area contributed by atoms with Crippen molar-refractivity contribution in [3.63, 3.8) is 0 Å². The van der Waals surface area contributed by atoms with Crippen LogP contribution in [0.25, 0.3) is 10.9 Å². The van der Waals surface area contributed by atoms with Crippen LogP contribution >= 0.6 is 0 Å². The van der Waals surface area contributed by atoms with Gasteiger partial charge in [-0.25, -0.2) is 4.39 Å². The van der Waals surface area contributed by atoms with Gasteiger partial charge in [-0.15, -0.1) is 0 Å². The summed E-state index contributed by atoms with van der Waals surface area (Å²) in [6.45, 7) is 7.59. The Bertz CT molecular complexity index is 829. The second-order valence-electron chi connectivity index (χ2n) is 6.17. The molecule has 3 aromatic rings. The predicted molar refractivity (Wildman–Crippen MR) is 89.7 cm³/mol. The molecule has 0 aliphatic rings. The standard InChI is InChI=1S/C18H21FN4/c1-11-7-14(16-6-5-15(19)8-18(16)20-11)9-23(4)10-17-12(2)21-22-13(17)3/h5-8H,9-10H2,1-4H3,(H,21,22). The summed E-state index contributed by atoms with van der Waals surface area (Å²) >= 11 is 0. The van der Waals surface area contributed by atoms with E-state index in [1.165, 1.54) is 17.7 Å². The Hall–Kier alpha value is -2.27. The van der Waals surface area contributed by atoms with Crippen LogP contribution in [-0.2, 0) is 13.1 Å². The summed E-state index contributed by atoms with van der Waals surface area (Å²) in [5.74, 6) is -0.250. The average Bonchev–Trinajstić information content (AvgIpc) is 2.78. The van der Waals surface area contributed by atoms with Crippen LogP contribution in [0.15, 0.2) is 24.3 Å². The van der Waals surface area contributed by atoms with Gasteiger partial charge in [0.2, 0.25) is 0 Å². The van der Waals surface area contributed by atoms with Gasteiger partial charge in [0.05, 0.1) is 11.2 Å². The molecule has 0 atom stereocenters. The molecule has 2 aromatic heterocycles. The highest BCUT2D eigenvalue weighted by atomic mass is 19.1. The molecule has 23 heavy (non-hydrogen) atoms. The van der Waals surface area contributed by atoms with Crippen molar-refractivity contribution >= 4 is 10.9 Å². The molecule has 1 aromatic carbocycles.